The number of hydrogen-bond donors (Lipinski definition) is 2. The van der Waals surface area contributed by atoms with E-state index in [1.54, 1.807) is 12.1 Å². The molecule has 2 N–H and O–H groups in total. The number of sulfone groups is 1. The monoisotopic (exact) mass is 297 g/mol. The standard InChI is InChI=1S/C15H23NO3S/c1-2-16-10-14(13-6-7-20(18,19)11-13)8-12-4-3-5-15(17)9-12/h3-5,9,13-14,16-17H,2,6-8,10-11H2,1H3. The van der Waals surface area contributed by atoms with E-state index in [2.05, 4.69) is 12.2 Å². The van der Waals surface area contributed by atoms with Crippen molar-refractivity contribution in [2.24, 2.45) is 11.8 Å². The first-order valence-electron chi connectivity index (χ1n) is 7.19. The number of phenols is 1. The van der Waals surface area contributed by atoms with Gasteiger partial charge in [-0.15, -0.1) is 0 Å². The Morgan fingerprint density at radius 1 is 1.45 bits per heavy atom. The zero-order valence-electron chi connectivity index (χ0n) is 11.9. The van der Waals surface area contributed by atoms with E-state index in [4.69, 9.17) is 0 Å². The molecule has 1 aromatic carbocycles. The molecule has 0 amide bonds. The van der Waals surface area contributed by atoms with Crippen molar-refractivity contribution >= 4 is 9.84 Å². The van der Waals surface area contributed by atoms with Crippen molar-refractivity contribution in [3.8, 4) is 5.75 Å². The quantitative estimate of drug-likeness (QED) is 0.837. The predicted octanol–water partition coefficient (Wildman–Crippen LogP) is 1.60. The lowest BCUT2D eigenvalue weighted by Crippen LogP contribution is -2.30. The molecule has 1 aromatic rings. The van der Waals surface area contributed by atoms with Gasteiger partial charge in [0, 0.05) is 0 Å². The lowest BCUT2D eigenvalue weighted by molar-refractivity contribution is 0.345. The van der Waals surface area contributed by atoms with Gasteiger partial charge in [-0.3, -0.25) is 0 Å². The van der Waals surface area contributed by atoms with Crippen LogP contribution in [0.15, 0.2) is 24.3 Å². The van der Waals surface area contributed by atoms with E-state index in [0.717, 1.165) is 31.5 Å². The zero-order valence-corrected chi connectivity index (χ0v) is 12.7. The fourth-order valence-corrected chi connectivity index (χ4v) is 4.84. The van der Waals surface area contributed by atoms with Gasteiger partial charge in [-0.1, -0.05) is 19.1 Å². The minimum Gasteiger partial charge on any atom is -0.508 e. The van der Waals surface area contributed by atoms with Crippen molar-refractivity contribution in [3.63, 3.8) is 0 Å². The molecule has 112 valence electrons. The molecular formula is C15H23NO3S. The lowest BCUT2D eigenvalue weighted by Gasteiger charge is -2.23. The van der Waals surface area contributed by atoms with Crippen molar-refractivity contribution < 1.29 is 13.5 Å². The topological polar surface area (TPSA) is 66.4 Å². The summed E-state index contributed by atoms with van der Waals surface area (Å²) in [6, 6.07) is 7.24. The first-order valence-corrected chi connectivity index (χ1v) is 9.01. The SMILES string of the molecule is CCNCC(Cc1cccc(O)c1)C1CCS(=O)(=O)C1. The largest absolute Gasteiger partial charge is 0.508 e. The van der Waals surface area contributed by atoms with Crippen LogP contribution in [0.25, 0.3) is 0 Å². The van der Waals surface area contributed by atoms with Crippen molar-refractivity contribution in [3.05, 3.63) is 29.8 Å². The van der Waals surface area contributed by atoms with Crippen LogP contribution in [-0.2, 0) is 16.3 Å². The van der Waals surface area contributed by atoms with E-state index >= 15 is 0 Å². The Labute approximate surface area is 121 Å². The van der Waals surface area contributed by atoms with Crippen LogP contribution in [0, 0.1) is 11.8 Å². The third kappa shape index (κ3) is 4.21. The van der Waals surface area contributed by atoms with Gasteiger partial charge in [0.2, 0.25) is 0 Å². The van der Waals surface area contributed by atoms with Crippen molar-refractivity contribution in [2.45, 2.75) is 19.8 Å². The van der Waals surface area contributed by atoms with Crippen LogP contribution in [0.3, 0.4) is 0 Å². The fourth-order valence-electron chi connectivity index (χ4n) is 2.92. The maximum atomic E-state index is 11.7. The van der Waals surface area contributed by atoms with Crippen molar-refractivity contribution in [2.75, 3.05) is 24.6 Å². The van der Waals surface area contributed by atoms with Crippen molar-refractivity contribution in [1.82, 2.24) is 5.32 Å². The van der Waals surface area contributed by atoms with E-state index in [1.165, 1.54) is 0 Å². The second-order valence-corrected chi connectivity index (χ2v) is 7.83. The third-order valence-corrected chi connectivity index (χ3v) is 5.79. The Balaban J connectivity index is 2.07. The summed E-state index contributed by atoms with van der Waals surface area (Å²) in [6.07, 6.45) is 1.57. The van der Waals surface area contributed by atoms with E-state index in [1.807, 2.05) is 12.1 Å². The molecule has 0 bridgehead atoms. The lowest BCUT2D eigenvalue weighted by atomic mass is 9.86. The smallest absolute Gasteiger partial charge is 0.150 e. The minimum absolute atomic E-state index is 0.224. The molecule has 0 spiro atoms. The van der Waals surface area contributed by atoms with Crippen LogP contribution >= 0.6 is 0 Å². The summed E-state index contributed by atoms with van der Waals surface area (Å²) in [7, 11) is -2.84. The van der Waals surface area contributed by atoms with Gasteiger partial charge in [0.25, 0.3) is 0 Å². The number of benzene rings is 1. The molecule has 1 aliphatic heterocycles. The van der Waals surface area contributed by atoms with Gasteiger partial charge in [-0.25, -0.2) is 8.42 Å². The molecule has 1 saturated heterocycles. The molecule has 1 fully saturated rings. The zero-order chi connectivity index (χ0) is 14.6. The highest BCUT2D eigenvalue weighted by molar-refractivity contribution is 7.91. The summed E-state index contributed by atoms with van der Waals surface area (Å²) in [5.74, 6) is 1.42. The normalized spacial score (nSPS) is 22.8. The van der Waals surface area contributed by atoms with E-state index in [0.29, 0.717) is 17.4 Å². The average molecular weight is 297 g/mol. The highest BCUT2D eigenvalue weighted by atomic mass is 32.2. The van der Waals surface area contributed by atoms with E-state index in [9.17, 15) is 13.5 Å². The summed E-state index contributed by atoms with van der Waals surface area (Å²) in [6.45, 7) is 3.76. The summed E-state index contributed by atoms with van der Waals surface area (Å²) < 4.78 is 23.3. The number of nitrogens with one attached hydrogen (secondary N) is 1. The molecule has 20 heavy (non-hydrogen) atoms. The van der Waals surface area contributed by atoms with Gasteiger partial charge in [-0.05, 0) is 55.5 Å². The van der Waals surface area contributed by atoms with Crippen molar-refractivity contribution in [1.29, 1.82) is 0 Å². The van der Waals surface area contributed by atoms with Crippen LogP contribution in [0.4, 0.5) is 0 Å². The van der Waals surface area contributed by atoms with Gasteiger partial charge in [-0.2, -0.15) is 0 Å². The second kappa shape index (κ2) is 6.59. The van der Waals surface area contributed by atoms with Crippen LogP contribution in [0.5, 0.6) is 5.75 Å². The summed E-state index contributed by atoms with van der Waals surface area (Å²) in [4.78, 5) is 0. The molecule has 2 atom stereocenters. The number of rotatable bonds is 6. The van der Waals surface area contributed by atoms with Crippen LogP contribution in [-0.4, -0.2) is 38.1 Å². The molecule has 0 aliphatic carbocycles. The summed E-state index contributed by atoms with van der Waals surface area (Å²) in [5.41, 5.74) is 1.07. The van der Waals surface area contributed by atoms with Gasteiger partial charge in [0.1, 0.15) is 5.75 Å². The highest BCUT2D eigenvalue weighted by Crippen LogP contribution is 2.29. The average Bonchev–Trinajstić information content (AvgIpc) is 2.75. The van der Waals surface area contributed by atoms with Crippen LogP contribution < -0.4 is 5.32 Å². The Bertz CT molecular complexity index is 542. The van der Waals surface area contributed by atoms with E-state index < -0.39 is 9.84 Å². The Hall–Kier alpha value is -1.07. The first-order chi connectivity index (χ1) is 9.50. The molecule has 0 saturated carbocycles. The number of aromatic hydroxyl groups is 1. The molecule has 5 heteroatoms. The maximum absolute atomic E-state index is 11.7. The molecule has 4 nitrogen and oxygen atoms in total. The first kappa shape index (κ1) is 15.3. The molecule has 1 heterocycles. The molecule has 0 aromatic heterocycles. The summed E-state index contributed by atoms with van der Waals surface area (Å²) in [5, 5.41) is 12.9. The Morgan fingerprint density at radius 2 is 2.25 bits per heavy atom. The van der Waals surface area contributed by atoms with Gasteiger partial charge in [0.15, 0.2) is 9.84 Å². The molecule has 0 radical (unpaired) electrons. The van der Waals surface area contributed by atoms with Gasteiger partial charge < -0.3 is 10.4 Å². The highest BCUT2D eigenvalue weighted by Gasteiger charge is 2.33. The van der Waals surface area contributed by atoms with Crippen LogP contribution in [0.2, 0.25) is 0 Å². The fraction of sp³-hybridized carbons (Fsp3) is 0.600. The molecule has 2 unspecified atom stereocenters. The van der Waals surface area contributed by atoms with Crippen LogP contribution in [0.1, 0.15) is 18.9 Å². The molecular weight excluding hydrogens is 274 g/mol. The van der Waals surface area contributed by atoms with E-state index in [-0.39, 0.29) is 11.7 Å². The Morgan fingerprint density at radius 3 is 2.85 bits per heavy atom. The number of hydrogen-bond acceptors (Lipinski definition) is 4. The maximum Gasteiger partial charge on any atom is 0.150 e. The third-order valence-electron chi connectivity index (χ3n) is 4.00. The minimum atomic E-state index is -2.84. The van der Waals surface area contributed by atoms with Gasteiger partial charge >= 0.3 is 0 Å². The summed E-state index contributed by atoms with van der Waals surface area (Å²) >= 11 is 0. The molecule has 2 rings (SSSR count). The predicted molar refractivity (Wildman–Crippen MR) is 80.6 cm³/mol. The van der Waals surface area contributed by atoms with Gasteiger partial charge in [0.05, 0.1) is 11.5 Å². The second-order valence-electron chi connectivity index (χ2n) is 5.60. The Kier molecular flexibility index (Phi) is 5.05. The number of phenolic OH excluding ortho intramolecular Hbond substituents is 1. The molecule has 1 aliphatic rings.